The highest BCUT2D eigenvalue weighted by Gasteiger charge is 2.44. The second kappa shape index (κ2) is 18.8. The Morgan fingerprint density at radius 3 is 2.28 bits per heavy atom. The van der Waals surface area contributed by atoms with E-state index >= 15 is 0 Å². The molecule has 2 heterocycles. The Hall–Kier alpha value is -3.43. The zero-order valence-corrected chi connectivity index (χ0v) is 28.9. The Labute approximate surface area is 281 Å². The molecule has 5 N–H and O–H groups in total. The predicted molar refractivity (Wildman–Crippen MR) is 179 cm³/mol. The van der Waals surface area contributed by atoms with Crippen molar-refractivity contribution in [2.45, 2.75) is 71.7 Å². The molecule has 1 aliphatic heterocycles. The average molecular weight is 675 g/mol. The number of aliphatic hydroxyl groups is 1. The number of aromatic nitrogens is 1. The summed E-state index contributed by atoms with van der Waals surface area (Å²) in [5.41, 5.74) is 4.01. The molecule has 260 valence electrons. The zero-order valence-electron chi connectivity index (χ0n) is 28.1. The molecule has 1 fully saturated rings. The van der Waals surface area contributed by atoms with E-state index in [-0.39, 0.29) is 44.2 Å². The number of hydrogen-bond donors (Lipinski definition) is 5. The Bertz CT molecular complexity index is 1310. The number of likely N-dealkylation sites (tertiary alicyclic amines) is 1. The number of aliphatic hydroxyl groups excluding tert-OH is 1. The van der Waals surface area contributed by atoms with Gasteiger partial charge < -0.3 is 40.7 Å². The van der Waals surface area contributed by atoms with Crippen molar-refractivity contribution in [1.82, 2.24) is 31.2 Å². The molecule has 0 spiro atoms. The molecule has 0 saturated carbocycles. The quantitative estimate of drug-likeness (QED) is 0.147. The average Bonchev–Trinajstić information content (AvgIpc) is 3.65. The summed E-state index contributed by atoms with van der Waals surface area (Å²) in [7, 11) is 1.85. The fraction of sp³-hybridized carbons (Fsp3) is 0.606. The Morgan fingerprint density at radius 2 is 1.66 bits per heavy atom. The van der Waals surface area contributed by atoms with Crippen molar-refractivity contribution in [2.75, 3.05) is 53.1 Å². The predicted octanol–water partition coefficient (Wildman–Crippen LogP) is 1.38. The van der Waals surface area contributed by atoms with Gasteiger partial charge in [0.1, 0.15) is 12.1 Å². The number of nitrogens with one attached hydrogen (secondary N) is 4. The molecule has 13 nitrogen and oxygen atoms in total. The highest BCUT2D eigenvalue weighted by atomic mass is 32.1. The highest BCUT2D eigenvalue weighted by molar-refractivity contribution is 7.13. The van der Waals surface area contributed by atoms with Crippen LogP contribution in [0.1, 0.15) is 51.3 Å². The molecule has 1 aliphatic rings. The van der Waals surface area contributed by atoms with Gasteiger partial charge in [-0.1, -0.05) is 45.0 Å². The first-order chi connectivity index (χ1) is 22.4. The maximum atomic E-state index is 13.8. The van der Waals surface area contributed by atoms with Gasteiger partial charge in [-0.05, 0) is 30.5 Å². The SMILES string of the molecule is CNCCOCCOCCNC(=O)CCC(=O)NC(C(=O)N1C[C@H](O)C[C@H]1C(=O)NCc1ccc(-c2scnc2C)cc1)C(C)(C)C. The number of benzene rings is 1. The first kappa shape index (κ1) is 38.0. The first-order valence-electron chi connectivity index (χ1n) is 16.0. The molecule has 3 rings (SSSR count). The van der Waals surface area contributed by atoms with Crippen molar-refractivity contribution in [3.05, 3.63) is 41.0 Å². The van der Waals surface area contributed by atoms with Crippen LogP contribution in [-0.4, -0.2) is 110 Å². The van der Waals surface area contributed by atoms with Gasteiger partial charge in [-0.25, -0.2) is 4.98 Å². The van der Waals surface area contributed by atoms with Crippen molar-refractivity contribution in [1.29, 1.82) is 0 Å². The second-order valence-electron chi connectivity index (χ2n) is 12.6. The minimum Gasteiger partial charge on any atom is -0.391 e. The third-order valence-electron chi connectivity index (χ3n) is 7.73. The summed E-state index contributed by atoms with van der Waals surface area (Å²) in [4.78, 5) is 58.9. The maximum Gasteiger partial charge on any atom is 0.246 e. The van der Waals surface area contributed by atoms with Gasteiger partial charge in [0.25, 0.3) is 0 Å². The number of hydrogen-bond acceptors (Lipinski definition) is 10. The van der Waals surface area contributed by atoms with Crippen LogP contribution in [0.2, 0.25) is 0 Å². The Morgan fingerprint density at radius 1 is 1.00 bits per heavy atom. The number of nitrogens with zero attached hydrogens (tertiary/aromatic N) is 2. The topological polar surface area (TPSA) is 171 Å². The number of rotatable bonds is 18. The van der Waals surface area contributed by atoms with E-state index in [0.717, 1.165) is 28.2 Å². The summed E-state index contributed by atoms with van der Waals surface area (Å²) < 4.78 is 10.8. The standard InChI is InChI=1S/C33H50N6O7S/c1-22-29(47-21-37-22)24-8-6-23(7-9-24)19-36-31(43)26-18-25(40)20-39(26)32(44)30(33(2,3)4)38-28(42)11-10-27(41)35-13-15-46-17-16-45-14-12-34-5/h6-9,21,25-26,30,34,40H,10-20H2,1-5H3,(H,35,41)(H,36,43)(H,38,42)/t25-,26+,30?/m1/s1. The van der Waals surface area contributed by atoms with Gasteiger partial charge in [0.05, 0.1) is 48.6 Å². The summed E-state index contributed by atoms with van der Waals surface area (Å²) in [5, 5.41) is 21.8. The van der Waals surface area contributed by atoms with Crippen LogP contribution in [0.4, 0.5) is 0 Å². The van der Waals surface area contributed by atoms with Gasteiger partial charge in [0.2, 0.25) is 23.6 Å². The molecule has 3 atom stereocenters. The normalized spacial score (nSPS) is 16.9. The summed E-state index contributed by atoms with van der Waals surface area (Å²) in [5.74, 6) is -1.59. The molecule has 4 amide bonds. The lowest BCUT2D eigenvalue weighted by molar-refractivity contribution is -0.144. The summed E-state index contributed by atoms with van der Waals surface area (Å²) in [6, 6.07) is 5.99. The maximum absolute atomic E-state index is 13.8. The molecule has 1 saturated heterocycles. The monoisotopic (exact) mass is 674 g/mol. The minimum absolute atomic E-state index is 0.0190. The van der Waals surface area contributed by atoms with Crippen LogP contribution >= 0.6 is 11.3 Å². The van der Waals surface area contributed by atoms with Gasteiger partial charge in [0.15, 0.2) is 0 Å². The van der Waals surface area contributed by atoms with Crippen LogP contribution in [0.15, 0.2) is 29.8 Å². The molecule has 47 heavy (non-hydrogen) atoms. The van der Waals surface area contributed by atoms with E-state index in [9.17, 15) is 24.3 Å². The molecule has 0 radical (unpaired) electrons. The van der Waals surface area contributed by atoms with E-state index in [1.165, 1.54) is 4.90 Å². The van der Waals surface area contributed by atoms with E-state index in [1.54, 1.807) is 11.3 Å². The van der Waals surface area contributed by atoms with Crippen LogP contribution < -0.4 is 21.3 Å². The minimum atomic E-state index is -0.967. The van der Waals surface area contributed by atoms with E-state index in [0.29, 0.717) is 33.0 Å². The third-order valence-corrected chi connectivity index (χ3v) is 8.71. The van der Waals surface area contributed by atoms with Crippen LogP contribution in [0.25, 0.3) is 10.4 Å². The number of carbonyl (C=O) groups excluding carboxylic acids is 4. The third kappa shape index (κ3) is 12.3. The fourth-order valence-corrected chi connectivity index (χ4v) is 5.90. The van der Waals surface area contributed by atoms with Gasteiger partial charge in [-0.2, -0.15) is 0 Å². The Kier molecular flexibility index (Phi) is 15.2. The van der Waals surface area contributed by atoms with Crippen molar-refractivity contribution in [3.8, 4) is 10.4 Å². The van der Waals surface area contributed by atoms with Crippen molar-refractivity contribution in [3.63, 3.8) is 0 Å². The molecule has 1 unspecified atom stereocenters. The van der Waals surface area contributed by atoms with Gasteiger partial charge >= 0.3 is 0 Å². The lowest BCUT2D eigenvalue weighted by atomic mass is 9.85. The van der Waals surface area contributed by atoms with E-state index < -0.39 is 35.4 Å². The molecule has 0 aliphatic carbocycles. The summed E-state index contributed by atoms with van der Waals surface area (Å²) in [6.07, 6.45) is -0.937. The smallest absolute Gasteiger partial charge is 0.246 e. The van der Waals surface area contributed by atoms with E-state index in [1.807, 2.05) is 64.5 Å². The summed E-state index contributed by atoms with van der Waals surface area (Å²) >= 11 is 1.57. The molecule has 1 aromatic carbocycles. The van der Waals surface area contributed by atoms with Crippen LogP contribution in [0.3, 0.4) is 0 Å². The van der Waals surface area contributed by atoms with Crippen molar-refractivity contribution >= 4 is 35.0 Å². The molecular weight excluding hydrogens is 624 g/mol. The number of carbonyl (C=O) groups is 4. The van der Waals surface area contributed by atoms with Crippen molar-refractivity contribution in [2.24, 2.45) is 5.41 Å². The molecule has 14 heteroatoms. The van der Waals surface area contributed by atoms with E-state index in [4.69, 9.17) is 9.47 Å². The number of aryl methyl sites for hydroxylation is 1. The molecule has 2 aromatic rings. The lowest BCUT2D eigenvalue weighted by Gasteiger charge is -2.35. The van der Waals surface area contributed by atoms with Gasteiger partial charge in [0, 0.05) is 45.4 Å². The van der Waals surface area contributed by atoms with Gasteiger partial charge in [-0.15, -0.1) is 11.3 Å². The molecule has 0 bridgehead atoms. The van der Waals surface area contributed by atoms with Crippen molar-refractivity contribution < 1.29 is 33.8 Å². The number of likely N-dealkylation sites (N-methyl/N-ethyl adjacent to an activating group) is 1. The number of amides is 4. The van der Waals surface area contributed by atoms with Crippen LogP contribution in [0, 0.1) is 12.3 Å². The summed E-state index contributed by atoms with van der Waals surface area (Å²) in [6.45, 7) is 10.5. The van der Waals surface area contributed by atoms with Crippen LogP contribution in [-0.2, 0) is 35.2 Å². The van der Waals surface area contributed by atoms with Gasteiger partial charge in [-0.3, -0.25) is 19.2 Å². The first-order valence-corrected chi connectivity index (χ1v) is 16.9. The molecule has 1 aromatic heterocycles. The number of thiazole rings is 1. The Balaban J connectivity index is 1.48. The van der Waals surface area contributed by atoms with Crippen LogP contribution in [0.5, 0.6) is 0 Å². The van der Waals surface area contributed by atoms with E-state index in [2.05, 4.69) is 26.3 Å². The number of β-amino-alcohol motifs (C(OH)–C–C–N with tert-alkyl or cyclic N) is 1. The highest BCUT2D eigenvalue weighted by Crippen LogP contribution is 2.28. The lowest BCUT2D eigenvalue weighted by Crippen LogP contribution is -2.57. The second-order valence-corrected chi connectivity index (χ2v) is 13.5. The fourth-order valence-electron chi connectivity index (χ4n) is 5.09. The number of ether oxygens (including phenoxy) is 2. The zero-order chi connectivity index (χ0) is 34.4. The largest absolute Gasteiger partial charge is 0.391 e. The molecular formula is C33H50N6O7S.